The van der Waals surface area contributed by atoms with E-state index in [0.29, 0.717) is 29.3 Å². The van der Waals surface area contributed by atoms with Gasteiger partial charge in [-0.2, -0.15) is 0 Å². The van der Waals surface area contributed by atoms with Crippen LogP contribution in [0.5, 0.6) is 11.5 Å². The molecule has 0 saturated carbocycles. The predicted molar refractivity (Wildman–Crippen MR) is 193 cm³/mol. The van der Waals surface area contributed by atoms with Gasteiger partial charge in [0.2, 0.25) is 18.1 Å². The summed E-state index contributed by atoms with van der Waals surface area (Å²) in [5.74, 6) is 0.301. The Labute approximate surface area is 296 Å². The van der Waals surface area contributed by atoms with E-state index in [2.05, 4.69) is 20.6 Å². The zero-order valence-corrected chi connectivity index (χ0v) is 29.5. The Balaban J connectivity index is 1.11. The fraction of sp³-hybridized carbons (Fsp3) is 0.351. The molecule has 268 valence electrons. The average Bonchev–Trinajstić information content (AvgIpc) is 3.71. The normalized spacial score (nSPS) is 14.3. The van der Waals surface area contributed by atoms with Crippen LogP contribution in [0.25, 0.3) is 11.1 Å². The van der Waals surface area contributed by atoms with Gasteiger partial charge in [0, 0.05) is 63.0 Å². The number of methoxy groups -OCH3 is 2. The van der Waals surface area contributed by atoms with Crippen LogP contribution in [0.3, 0.4) is 0 Å². The molecule has 5 rings (SSSR count). The highest BCUT2D eigenvalue weighted by atomic mass is 16.5. The van der Waals surface area contributed by atoms with Crippen LogP contribution in [0.15, 0.2) is 59.9 Å². The van der Waals surface area contributed by atoms with Crippen molar-refractivity contribution >= 4 is 47.6 Å². The predicted octanol–water partition coefficient (Wildman–Crippen LogP) is 5.29. The largest absolute Gasteiger partial charge is 0.493 e. The number of aromatic nitrogens is 3. The molecule has 51 heavy (non-hydrogen) atoms. The monoisotopic (exact) mass is 697 g/mol. The number of esters is 1. The van der Waals surface area contributed by atoms with Crippen molar-refractivity contribution in [2.24, 2.45) is 19.1 Å². The van der Waals surface area contributed by atoms with Crippen LogP contribution in [0.2, 0.25) is 0 Å². The van der Waals surface area contributed by atoms with Gasteiger partial charge in [0.25, 0.3) is 5.91 Å². The number of anilines is 2. The lowest BCUT2D eigenvalue weighted by molar-refractivity contribution is -0.120. The van der Waals surface area contributed by atoms with E-state index in [-0.39, 0.29) is 36.6 Å². The summed E-state index contributed by atoms with van der Waals surface area (Å²) in [6, 6.07) is 12.6. The lowest BCUT2D eigenvalue weighted by Gasteiger charge is -2.29. The first-order valence-electron chi connectivity index (χ1n) is 16.7. The lowest BCUT2D eigenvalue weighted by atomic mass is 10.0. The number of hydrogen-bond acceptors (Lipinski definition) is 9. The van der Waals surface area contributed by atoms with E-state index in [1.54, 1.807) is 61.1 Å². The molecule has 0 bridgehead atoms. The number of benzene rings is 2. The summed E-state index contributed by atoms with van der Waals surface area (Å²) in [5, 5.41) is 5.57. The van der Waals surface area contributed by atoms with Gasteiger partial charge in [0.05, 0.1) is 32.6 Å². The van der Waals surface area contributed by atoms with Crippen molar-refractivity contribution in [3.63, 3.8) is 0 Å². The highest BCUT2D eigenvalue weighted by molar-refractivity contribution is 6.02. The van der Waals surface area contributed by atoms with E-state index in [4.69, 9.17) is 14.2 Å². The van der Waals surface area contributed by atoms with Gasteiger partial charge in [-0.05, 0) is 68.0 Å². The number of nitrogens with zero attached hydrogens (tertiary/aromatic N) is 5. The van der Waals surface area contributed by atoms with Crippen molar-refractivity contribution < 1.29 is 33.4 Å². The average molecular weight is 698 g/mol. The Hall–Kier alpha value is -5.92. The van der Waals surface area contributed by atoms with Crippen molar-refractivity contribution in [1.82, 2.24) is 19.0 Å². The van der Waals surface area contributed by atoms with Crippen LogP contribution in [-0.2, 0) is 28.4 Å². The second kappa shape index (κ2) is 16.7. The highest BCUT2D eigenvalue weighted by Crippen LogP contribution is 2.35. The standard InChI is InChI=1S/C37H43N7O7/c1-24-17-31(49-4)32(19-29(24)38-20-28-9-6-7-15-44(28)23-45)51-16-8-10-34(46)40-33-22-43(3)35(41-33)36(47)39-27-13-11-25(12-14-27)26-18-30(37(48)50-5)42(2)21-26/h11-14,17-23,28H,6-10,15-16H2,1-5H3,(H,39,47)(H,40,46). The quantitative estimate of drug-likeness (QED) is 0.0779. The zero-order valence-electron chi connectivity index (χ0n) is 29.5. The Bertz CT molecular complexity index is 1910. The molecule has 4 aromatic rings. The number of imidazole rings is 1. The number of likely N-dealkylation sites (tertiary alicyclic amines) is 1. The molecule has 2 aromatic carbocycles. The third kappa shape index (κ3) is 9.01. The number of rotatable bonds is 14. The van der Waals surface area contributed by atoms with Crippen molar-refractivity contribution in [3.8, 4) is 22.6 Å². The Kier molecular flexibility index (Phi) is 11.9. The van der Waals surface area contributed by atoms with E-state index in [1.807, 2.05) is 37.5 Å². The molecule has 1 atom stereocenters. The van der Waals surface area contributed by atoms with Gasteiger partial charge in [0.1, 0.15) is 5.69 Å². The summed E-state index contributed by atoms with van der Waals surface area (Å²) >= 11 is 0. The molecule has 1 aliphatic rings. The second-order valence-electron chi connectivity index (χ2n) is 12.3. The van der Waals surface area contributed by atoms with Crippen molar-refractivity contribution in [2.45, 2.75) is 45.1 Å². The number of carbonyl (C=O) groups excluding carboxylic acids is 4. The molecular weight excluding hydrogens is 654 g/mol. The van der Waals surface area contributed by atoms with Gasteiger partial charge in [-0.15, -0.1) is 0 Å². The molecule has 1 saturated heterocycles. The lowest BCUT2D eigenvalue weighted by Crippen LogP contribution is -2.39. The Morgan fingerprint density at radius 3 is 2.49 bits per heavy atom. The number of amides is 3. The SMILES string of the molecule is COC(=O)c1cc(-c2ccc(NC(=O)c3nc(NC(=O)CCCOc4cc(N=CC5CCCCN5C=O)c(C)cc4OC)cn3C)cc2)cn1C. The topological polar surface area (TPSA) is 158 Å². The van der Waals surface area contributed by atoms with Gasteiger partial charge in [-0.1, -0.05) is 12.1 Å². The summed E-state index contributed by atoms with van der Waals surface area (Å²) in [5.41, 5.74) is 4.30. The molecule has 0 aliphatic carbocycles. The molecule has 1 unspecified atom stereocenters. The van der Waals surface area contributed by atoms with E-state index >= 15 is 0 Å². The Morgan fingerprint density at radius 1 is 0.980 bits per heavy atom. The molecule has 1 fully saturated rings. The summed E-state index contributed by atoms with van der Waals surface area (Å²) in [6.45, 7) is 2.92. The van der Waals surface area contributed by atoms with Crippen LogP contribution in [0, 0.1) is 6.92 Å². The van der Waals surface area contributed by atoms with Gasteiger partial charge >= 0.3 is 5.97 Å². The number of nitrogens with one attached hydrogen (secondary N) is 2. The van der Waals surface area contributed by atoms with Gasteiger partial charge < -0.3 is 38.9 Å². The number of hydrogen-bond donors (Lipinski definition) is 2. The van der Waals surface area contributed by atoms with Gasteiger partial charge in [-0.3, -0.25) is 19.4 Å². The first-order valence-corrected chi connectivity index (χ1v) is 16.7. The second-order valence-corrected chi connectivity index (χ2v) is 12.3. The van der Waals surface area contributed by atoms with E-state index < -0.39 is 11.9 Å². The molecule has 3 heterocycles. The molecule has 14 nitrogen and oxygen atoms in total. The molecule has 2 N–H and O–H groups in total. The fourth-order valence-electron chi connectivity index (χ4n) is 5.82. The van der Waals surface area contributed by atoms with Crippen molar-refractivity contribution in [1.29, 1.82) is 0 Å². The zero-order chi connectivity index (χ0) is 36.5. The summed E-state index contributed by atoms with van der Waals surface area (Å²) in [6.07, 6.45) is 9.60. The maximum absolute atomic E-state index is 13.0. The number of aryl methyl sites for hydroxylation is 3. The summed E-state index contributed by atoms with van der Waals surface area (Å²) in [4.78, 5) is 59.9. The molecule has 2 aromatic heterocycles. The number of carbonyl (C=O) groups is 4. The van der Waals surface area contributed by atoms with Crippen LogP contribution < -0.4 is 20.1 Å². The van der Waals surface area contributed by atoms with E-state index in [1.165, 1.54) is 11.7 Å². The van der Waals surface area contributed by atoms with Gasteiger partial charge in [0.15, 0.2) is 17.3 Å². The molecule has 0 radical (unpaired) electrons. The van der Waals surface area contributed by atoms with Crippen LogP contribution in [-0.4, -0.2) is 82.8 Å². The highest BCUT2D eigenvalue weighted by Gasteiger charge is 2.20. The first kappa shape index (κ1) is 36.4. The maximum Gasteiger partial charge on any atom is 0.354 e. The first-order chi connectivity index (χ1) is 24.6. The summed E-state index contributed by atoms with van der Waals surface area (Å²) in [7, 11) is 6.34. The smallest absolute Gasteiger partial charge is 0.354 e. The van der Waals surface area contributed by atoms with E-state index in [0.717, 1.165) is 54.6 Å². The minimum Gasteiger partial charge on any atom is -0.493 e. The molecule has 1 aliphatic heterocycles. The molecule has 14 heteroatoms. The number of piperidine rings is 1. The molecule has 0 spiro atoms. The number of aliphatic imine (C=N–C) groups is 1. The van der Waals surface area contributed by atoms with Crippen LogP contribution in [0.1, 0.15) is 58.8 Å². The molecular formula is C37H43N7O7. The van der Waals surface area contributed by atoms with Crippen molar-refractivity contribution in [2.75, 3.05) is 38.0 Å². The minimum absolute atomic E-state index is 0.0330. The number of ether oxygens (including phenoxy) is 3. The minimum atomic E-state index is -0.442. The van der Waals surface area contributed by atoms with Crippen molar-refractivity contribution in [3.05, 3.63) is 71.9 Å². The summed E-state index contributed by atoms with van der Waals surface area (Å²) < 4.78 is 19.5. The van der Waals surface area contributed by atoms with Gasteiger partial charge in [-0.25, -0.2) is 9.78 Å². The fourth-order valence-corrected chi connectivity index (χ4v) is 5.82. The maximum atomic E-state index is 13.0. The third-order valence-corrected chi connectivity index (χ3v) is 8.62. The van der Waals surface area contributed by atoms with Crippen LogP contribution in [0.4, 0.5) is 17.2 Å². The van der Waals surface area contributed by atoms with Crippen LogP contribution >= 0.6 is 0 Å². The Morgan fingerprint density at radius 2 is 1.76 bits per heavy atom. The third-order valence-electron chi connectivity index (χ3n) is 8.62. The van der Waals surface area contributed by atoms with E-state index in [9.17, 15) is 19.2 Å². The molecule has 3 amide bonds.